The van der Waals surface area contributed by atoms with Gasteiger partial charge < -0.3 is 14.4 Å². The third-order valence-electron chi connectivity index (χ3n) is 5.34. The fourth-order valence-corrected chi connectivity index (χ4v) is 3.77. The Hall–Kier alpha value is -3.59. The number of benzene rings is 2. The standard InChI is InChI=1S/C24H23ClFN5O3/c1-3-10-31(13-20-27-19-12-16(25)5-6-17(19)24(33)28-20)22(32)9-8-21-29-23(30-34-21)15-4-7-18(26)14(2)11-15/h4-7,11-12H,3,8-10,13H2,1-2H3,(H,27,28,33). The van der Waals surface area contributed by atoms with Crippen molar-refractivity contribution in [2.75, 3.05) is 6.54 Å². The molecule has 0 atom stereocenters. The Morgan fingerprint density at radius 1 is 1.21 bits per heavy atom. The van der Waals surface area contributed by atoms with E-state index < -0.39 is 0 Å². The molecule has 0 unspecified atom stereocenters. The first-order valence-electron chi connectivity index (χ1n) is 10.9. The number of halogens is 2. The zero-order chi connectivity index (χ0) is 24.2. The molecule has 0 saturated carbocycles. The number of rotatable bonds is 8. The first-order valence-corrected chi connectivity index (χ1v) is 11.3. The number of carbonyl (C=O) groups is 1. The second-order valence-electron chi connectivity index (χ2n) is 7.97. The second-order valence-corrected chi connectivity index (χ2v) is 8.40. The van der Waals surface area contributed by atoms with Gasteiger partial charge in [0.25, 0.3) is 5.56 Å². The number of amides is 1. The molecule has 0 aliphatic carbocycles. The molecule has 34 heavy (non-hydrogen) atoms. The number of hydrogen-bond acceptors (Lipinski definition) is 6. The molecule has 2 aromatic heterocycles. The summed E-state index contributed by atoms with van der Waals surface area (Å²) in [4.78, 5) is 38.5. The zero-order valence-corrected chi connectivity index (χ0v) is 19.5. The number of nitrogens with one attached hydrogen (secondary N) is 1. The van der Waals surface area contributed by atoms with Crippen molar-refractivity contribution in [3.05, 3.63) is 74.9 Å². The van der Waals surface area contributed by atoms with Crippen molar-refractivity contribution in [2.24, 2.45) is 0 Å². The average molecular weight is 484 g/mol. The smallest absolute Gasteiger partial charge is 0.258 e. The van der Waals surface area contributed by atoms with E-state index in [1.54, 1.807) is 42.2 Å². The summed E-state index contributed by atoms with van der Waals surface area (Å²) in [6.45, 7) is 4.28. The van der Waals surface area contributed by atoms with E-state index in [0.717, 1.165) is 6.42 Å². The SMILES string of the molecule is CCCN(Cc1nc2cc(Cl)ccc2c(=O)[nH]1)C(=O)CCc1nc(-c2ccc(F)c(C)c2)no1. The van der Waals surface area contributed by atoms with Gasteiger partial charge in [-0.3, -0.25) is 9.59 Å². The van der Waals surface area contributed by atoms with Gasteiger partial charge in [-0.15, -0.1) is 0 Å². The Balaban J connectivity index is 1.45. The molecule has 0 aliphatic rings. The van der Waals surface area contributed by atoms with Crippen molar-refractivity contribution in [2.45, 2.75) is 39.7 Å². The van der Waals surface area contributed by atoms with Crippen LogP contribution in [0.15, 0.2) is 45.7 Å². The Morgan fingerprint density at radius 3 is 2.79 bits per heavy atom. The Labute approximate surface area is 199 Å². The minimum Gasteiger partial charge on any atom is -0.339 e. The van der Waals surface area contributed by atoms with Crippen molar-refractivity contribution in [3.63, 3.8) is 0 Å². The Kier molecular flexibility index (Phi) is 7.02. The molecule has 0 aliphatic heterocycles. The molecule has 4 aromatic rings. The predicted octanol–water partition coefficient (Wildman–Crippen LogP) is 4.45. The van der Waals surface area contributed by atoms with Gasteiger partial charge in [-0.25, -0.2) is 9.37 Å². The highest BCUT2D eigenvalue weighted by atomic mass is 35.5. The van der Waals surface area contributed by atoms with Gasteiger partial charge in [0.15, 0.2) is 0 Å². The number of H-pyrrole nitrogens is 1. The van der Waals surface area contributed by atoms with Crippen LogP contribution in [0.3, 0.4) is 0 Å². The number of aromatic nitrogens is 4. The summed E-state index contributed by atoms with van der Waals surface area (Å²) in [6, 6.07) is 9.45. The number of fused-ring (bicyclic) bond motifs is 1. The molecule has 1 amide bonds. The van der Waals surface area contributed by atoms with Gasteiger partial charge in [-0.1, -0.05) is 23.7 Å². The highest BCUT2D eigenvalue weighted by molar-refractivity contribution is 6.31. The highest BCUT2D eigenvalue weighted by Gasteiger charge is 2.18. The van der Waals surface area contributed by atoms with Crippen LogP contribution in [-0.4, -0.2) is 37.5 Å². The van der Waals surface area contributed by atoms with Crippen molar-refractivity contribution in [1.29, 1.82) is 0 Å². The van der Waals surface area contributed by atoms with Crippen LogP contribution in [0.4, 0.5) is 4.39 Å². The van der Waals surface area contributed by atoms with E-state index in [1.165, 1.54) is 6.07 Å². The van der Waals surface area contributed by atoms with Gasteiger partial charge in [0, 0.05) is 30.0 Å². The normalized spacial score (nSPS) is 11.2. The summed E-state index contributed by atoms with van der Waals surface area (Å²) in [7, 11) is 0. The van der Waals surface area contributed by atoms with Crippen LogP contribution in [0.5, 0.6) is 0 Å². The largest absolute Gasteiger partial charge is 0.339 e. The third-order valence-corrected chi connectivity index (χ3v) is 5.58. The molecule has 0 bridgehead atoms. The minimum absolute atomic E-state index is 0.131. The molecule has 1 N–H and O–H groups in total. The number of hydrogen-bond donors (Lipinski definition) is 1. The fraction of sp³-hybridized carbons (Fsp3) is 0.292. The number of aryl methyl sites for hydroxylation is 2. The van der Waals surface area contributed by atoms with Crippen molar-refractivity contribution >= 4 is 28.4 Å². The monoisotopic (exact) mass is 483 g/mol. The van der Waals surface area contributed by atoms with Crippen LogP contribution in [0.1, 0.15) is 37.0 Å². The molecule has 0 radical (unpaired) electrons. The van der Waals surface area contributed by atoms with E-state index in [0.29, 0.717) is 51.1 Å². The quantitative estimate of drug-likeness (QED) is 0.397. The molecule has 0 spiro atoms. The lowest BCUT2D eigenvalue weighted by Crippen LogP contribution is -2.33. The maximum absolute atomic E-state index is 13.5. The molecule has 10 heteroatoms. The van der Waals surface area contributed by atoms with E-state index >= 15 is 0 Å². The van der Waals surface area contributed by atoms with E-state index in [2.05, 4.69) is 20.1 Å². The average Bonchev–Trinajstić information content (AvgIpc) is 3.28. The summed E-state index contributed by atoms with van der Waals surface area (Å²) in [6.07, 6.45) is 1.14. The maximum Gasteiger partial charge on any atom is 0.258 e. The molecule has 2 aromatic carbocycles. The predicted molar refractivity (Wildman–Crippen MR) is 126 cm³/mol. The second kappa shape index (κ2) is 10.1. The summed E-state index contributed by atoms with van der Waals surface area (Å²) in [5.74, 6) is 0.599. The van der Waals surface area contributed by atoms with E-state index in [9.17, 15) is 14.0 Å². The van der Waals surface area contributed by atoms with Crippen LogP contribution in [0, 0.1) is 12.7 Å². The van der Waals surface area contributed by atoms with Gasteiger partial charge >= 0.3 is 0 Å². The topological polar surface area (TPSA) is 105 Å². The molecule has 8 nitrogen and oxygen atoms in total. The van der Waals surface area contributed by atoms with Crippen LogP contribution >= 0.6 is 11.6 Å². The maximum atomic E-state index is 13.5. The molecular formula is C24H23ClFN5O3. The Bertz CT molecular complexity index is 1400. The van der Waals surface area contributed by atoms with Crippen LogP contribution in [0.2, 0.25) is 5.02 Å². The van der Waals surface area contributed by atoms with Crippen molar-refractivity contribution in [3.8, 4) is 11.4 Å². The molecule has 2 heterocycles. The van der Waals surface area contributed by atoms with E-state index in [-0.39, 0.29) is 36.7 Å². The van der Waals surface area contributed by atoms with Crippen LogP contribution in [-0.2, 0) is 17.8 Å². The highest BCUT2D eigenvalue weighted by Crippen LogP contribution is 2.20. The summed E-state index contributed by atoms with van der Waals surface area (Å²) >= 11 is 6.03. The number of nitrogens with zero attached hydrogens (tertiary/aromatic N) is 4. The number of carbonyl (C=O) groups excluding carboxylic acids is 1. The Morgan fingerprint density at radius 2 is 2.03 bits per heavy atom. The lowest BCUT2D eigenvalue weighted by molar-refractivity contribution is -0.132. The minimum atomic E-state index is -0.306. The molecule has 4 rings (SSSR count). The third kappa shape index (κ3) is 5.31. The summed E-state index contributed by atoms with van der Waals surface area (Å²) < 4.78 is 18.8. The van der Waals surface area contributed by atoms with E-state index in [4.69, 9.17) is 16.1 Å². The lowest BCUT2D eigenvalue weighted by Gasteiger charge is -2.21. The first kappa shape index (κ1) is 23.6. The van der Waals surface area contributed by atoms with Gasteiger partial charge in [0.05, 0.1) is 17.4 Å². The first-order chi connectivity index (χ1) is 16.3. The molecule has 0 saturated heterocycles. The lowest BCUT2D eigenvalue weighted by atomic mass is 10.1. The van der Waals surface area contributed by atoms with Crippen LogP contribution < -0.4 is 5.56 Å². The van der Waals surface area contributed by atoms with Gasteiger partial charge in [-0.2, -0.15) is 4.98 Å². The van der Waals surface area contributed by atoms with Crippen LogP contribution in [0.25, 0.3) is 22.3 Å². The van der Waals surface area contributed by atoms with Gasteiger partial charge in [0.1, 0.15) is 11.6 Å². The molecular weight excluding hydrogens is 461 g/mol. The van der Waals surface area contributed by atoms with Crippen molar-refractivity contribution < 1.29 is 13.7 Å². The van der Waals surface area contributed by atoms with Gasteiger partial charge in [0.2, 0.25) is 17.6 Å². The fourth-order valence-electron chi connectivity index (χ4n) is 3.61. The summed E-state index contributed by atoms with van der Waals surface area (Å²) in [5, 5.41) is 4.85. The van der Waals surface area contributed by atoms with Gasteiger partial charge in [-0.05, 0) is 55.3 Å². The molecule has 176 valence electrons. The zero-order valence-electron chi connectivity index (χ0n) is 18.8. The molecule has 0 fully saturated rings. The van der Waals surface area contributed by atoms with Crippen molar-refractivity contribution in [1.82, 2.24) is 25.0 Å². The van der Waals surface area contributed by atoms with E-state index in [1.807, 2.05) is 6.92 Å². The summed E-state index contributed by atoms with van der Waals surface area (Å²) in [5.41, 5.74) is 1.32. The number of aromatic amines is 1.